The summed E-state index contributed by atoms with van der Waals surface area (Å²) >= 11 is 0. The lowest BCUT2D eigenvalue weighted by Crippen LogP contribution is -2.26. The van der Waals surface area contributed by atoms with Crippen LogP contribution in [0.25, 0.3) is 5.69 Å². The maximum atomic E-state index is 8.99. The predicted molar refractivity (Wildman–Crippen MR) is 63.3 cm³/mol. The smallest absolute Gasteiger partial charge is 0.185 e. The molecular weight excluding hydrogens is 228 g/mol. The second-order valence-corrected chi connectivity index (χ2v) is 3.46. The van der Waals surface area contributed by atoms with Crippen molar-refractivity contribution in [2.24, 2.45) is 0 Å². The minimum atomic E-state index is -0.139. The molecule has 1 heterocycles. The van der Waals surface area contributed by atoms with E-state index in [1.165, 1.54) is 4.68 Å². The van der Waals surface area contributed by atoms with Crippen molar-refractivity contribution < 1.29 is 0 Å². The van der Waals surface area contributed by atoms with E-state index in [1.54, 1.807) is 24.3 Å². The Hall–Kier alpha value is -3.12. The highest BCUT2D eigenvalue weighted by molar-refractivity contribution is 5.59. The van der Waals surface area contributed by atoms with Gasteiger partial charge in [-0.1, -0.05) is 18.2 Å². The van der Waals surface area contributed by atoms with E-state index >= 15 is 0 Å². The van der Waals surface area contributed by atoms with Gasteiger partial charge in [-0.3, -0.25) is 5.41 Å². The second-order valence-electron chi connectivity index (χ2n) is 3.46. The van der Waals surface area contributed by atoms with Crippen molar-refractivity contribution in [1.82, 2.24) is 9.78 Å². The van der Waals surface area contributed by atoms with Crippen LogP contribution in [0, 0.1) is 28.1 Å². The number of nitrogens with two attached hydrogens (primary N) is 1. The molecule has 2 rings (SSSR count). The predicted octanol–water partition coefficient (Wildman–Crippen LogP) is 0.677. The van der Waals surface area contributed by atoms with Gasteiger partial charge in [0, 0.05) is 0 Å². The zero-order valence-electron chi connectivity index (χ0n) is 9.25. The highest BCUT2D eigenvalue weighted by Gasteiger charge is 2.13. The van der Waals surface area contributed by atoms with Gasteiger partial charge in [0.25, 0.3) is 0 Å². The number of rotatable bonds is 1. The average molecular weight is 236 g/mol. The van der Waals surface area contributed by atoms with Gasteiger partial charge in [0.1, 0.15) is 17.7 Å². The zero-order chi connectivity index (χ0) is 13.1. The summed E-state index contributed by atoms with van der Waals surface area (Å²) in [5.74, 6) is 0. The number of nitrogens with one attached hydrogen (secondary N) is 1. The van der Waals surface area contributed by atoms with E-state index in [9.17, 15) is 0 Å². The minimum Gasteiger partial charge on any atom is -0.395 e. The fourth-order valence-corrected chi connectivity index (χ4v) is 1.51. The number of hydrogen-bond donors (Lipinski definition) is 2. The molecule has 0 spiro atoms. The monoisotopic (exact) mass is 236 g/mol. The first kappa shape index (κ1) is 11.4. The van der Waals surface area contributed by atoms with Crippen LogP contribution < -0.4 is 11.2 Å². The Morgan fingerprint density at radius 3 is 2.39 bits per heavy atom. The molecule has 0 saturated carbocycles. The first-order valence-electron chi connectivity index (χ1n) is 5.02. The summed E-state index contributed by atoms with van der Waals surface area (Å²) in [5.41, 5.74) is 5.89. The second kappa shape index (κ2) is 4.40. The van der Waals surface area contributed by atoms with Crippen LogP contribution in [0.15, 0.2) is 30.3 Å². The summed E-state index contributed by atoms with van der Waals surface area (Å²) in [6, 6.07) is 12.5. The van der Waals surface area contributed by atoms with E-state index in [-0.39, 0.29) is 22.4 Å². The van der Waals surface area contributed by atoms with Gasteiger partial charge in [-0.25, -0.2) is 4.68 Å². The molecule has 6 heteroatoms. The summed E-state index contributed by atoms with van der Waals surface area (Å²) in [5, 5.41) is 29.8. The highest BCUT2D eigenvalue weighted by Crippen LogP contribution is 2.11. The van der Waals surface area contributed by atoms with Gasteiger partial charge in [-0.2, -0.15) is 15.6 Å². The number of nitrogens with zero attached hydrogens (tertiary/aromatic N) is 4. The molecule has 0 fully saturated rings. The van der Waals surface area contributed by atoms with Crippen molar-refractivity contribution in [3.8, 4) is 17.8 Å². The third kappa shape index (κ3) is 1.68. The van der Waals surface area contributed by atoms with Crippen molar-refractivity contribution in [1.29, 1.82) is 15.9 Å². The van der Waals surface area contributed by atoms with Crippen LogP contribution in [-0.4, -0.2) is 9.78 Å². The quantitative estimate of drug-likeness (QED) is 0.757. The molecule has 0 radical (unpaired) electrons. The highest BCUT2D eigenvalue weighted by atomic mass is 15.3. The molecule has 0 saturated heterocycles. The first-order valence-corrected chi connectivity index (χ1v) is 5.02. The molecule has 3 N–H and O–H groups in total. The minimum absolute atomic E-state index is 0.0506. The van der Waals surface area contributed by atoms with E-state index in [1.807, 2.05) is 18.2 Å². The maximum Gasteiger partial charge on any atom is 0.185 e. The molecule has 2 aromatic rings. The van der Waals surface area contributed by atoms with Crippen molar-refractivity contribution in [3.63, 3.8) is 0 Å². The Kier molecular flexibility index (Phi) is 2.78. The van der Waals surface area contributed by atoms with Gasteiger partial charge in [0.15, 0.2) is 11.2 Å². The van der Waals surface area contributed by atoms with Gasteiger partial charge in [0.2, 0.25) is 0 Å². The van der Waals surface area contributed by atoms with Crippen molar-refractivity contribution in [2.75, 3.05) is 5.73 Å². The van der Waals surface area contributed by atoms with Crippen LogP contribution in [0.1, 0.15) is 11.3 Å². The molecule has 0 aliphatic heterocycles. The number of anilines is 1. The summed E-state index contributed by atoms with van der Waals surface area (Å²) in [6.07, 6.45) is 0. The lowest BCUT2D eigenvalue weighted by molar-refractivity contribution is 0.764. The number of para-hydroxylation sites is 1. The molecule has 0 bridgehead atoms. The van der Waals surface area contributed by atoms with Crippen LogP contribution in [0.4, 0.5) is 5.69 Å². The summed E-state index contributed by atoms with van der Waals surface area (Å²) in [7, 11) is 0. The van der Waals surface area contributed by atoms with Gasteiger partial charge in [0.05, 0.1) is 11.4 Å². The fraction of sp³-hybridized carbons (Fsp3) is 0. The van der Waals surface area contributed by atoms with Gasteiger partial charge in [-0.05, 0) is 12.1 Å². The fourth-order valence-electron chi connectivity index (χ4n) is 1.51. The molecule has 1 aromatic carbocycles. The third-order valence-electron chi connectivity index (χ3n) is 2.39. The van der Waals surface area contributed by atoms with E-state index in [4.69, 9.17) is 21.7 Å². The Balaban J connectivity index is 2.84. The van der Waals surface area contributed by atoms with Gasteiger partial charge >= 0.3 is 0 Å². The summed E-state index contributed by atoms with van der Waals surface area (Å²) in [4.78, 5) is 0. The van der Waals surface area contributed by atoms with Crippen LogP contribution in [0.3, 0.4) is 0 Å². The maximum absolute atomic E-state index is 8.99. The van der Waals surface area contributed by atoms with Crippen LogP contribution in [-0.2, 0) is 0 Å². The Bertz CT molecular complexity index is 730. The molecule has 0 atom stereocenters. The van der Waals surface area contributed by atoms with Crippen molar-refractivity contribution in [2.45, 2.75) is 0 Å². The number of aromatic nitrogens is 2. The van der Waals surface area contributed by atoms with E-state index in [0.717, 1.165) is 0 Å². The Labute approximate surface area is 103 Å². The first-order chi connectivity index (χ1) is 8.69. The van der Waals surface area contributed by atoms with Gasteiger partial charge < -0.3 is 5.73 Å². The lowest BCUT2D eigenvalue weighted by Gasteiger charge is -2.08. The number of nitriles is 2. The molecule has 1 aromatic heterocycles. The molecule has 6 nitrogen and oxygen atoms in total. The normalized spacial score (nSPS) is 9.44. The molecule has 18 heavy (non-hydrogen) atoms. The molecule has 0 amide bonds. The SMILES string of the molecule is N#Cc1nn(-c2ccccc2)c(=N)c(C#N)c1N. The topological polar surface area (TPSA) is 115 Å². The summed E-state index contributed by atoms with van der Waals surface area (Å²) in [6.45, 7) is 0. The average Bonchev–Trinajstić information content (AvgIpc) is 2.41. The van der Waals surface area contributed by atoms with E-state index in [2.05, 4.69) is 5.10 Å². The largest absolute Gasteiger partial charge is 0.395 e. The van der Waals surface area contributed by atoms with Crippen molar-refractivity contribution in [3.05, 3.63) is 47.1 Å². The molecule has 0 aliphatic rings. The Morgan fingerprint density at radius 1 is 1.17 bits per heavy atom. The molecular formula is C12H8N6. The van der Waals surface area contributed by atoms with E-state index < -0.39 is 0 Å². The number of benzene rings is 1. The van der Waals surface area contributed by atoms with E-state index in [0.29, 0.717) is 5.69 Å². The summed E-state index contributed by atoms with van der Waals surface area (Å²) < 4.78 is 1.22. The van der Waals surface area contributed by atoms with Crippen molar-refractivity contribution >= 4 is 5.69 Å². The zero-order valence-corrected chi connectivity index (χ0v) is 9.25. The molecule has 0 aliphatic carbocycles. The molecule has 0 unspecified atom stereocenters. The van der Waals surface area contributed by atoms with Crippen LogP contribution in [0.5, 0.6) is 0 Å². The third-order valence-corrected chi connectivity index (χ3v) is 2.39. The van der Waals surface area contributed by atoms with Crippen LogP contribution in [0.2, 0.25) is 0 Å². The van der Waals surface area contributed by atoms with Crippen LogP contribution >= 0.6 is 0 Å². The molecule has 86 valence electrons. The standard InChI is InChI=1S/C12H8N6/c13-6-9-11(15)10(7-14)17-18(12(9)16)8-4-2-1-3-5-8/h1-5,16H,15H2. The Morgan fingerprint density at radius 2 is 1.83 bits per heavy atom. The lowest BCUT2D eigenvalue weighted by atomic mass is 10.2. The number of nitrogen functional groups attached to an aromatic ring is 1. The number of hydrogen-bond acceptors (Lipinski definition) is 5. The van der Waals surface area contributed by atoms with Gasteiger partial charge in [-0.15, -0.1) is 0 Å².